The van der Waals surface area contributed by atoms with E-state index in [0.29, 0.717) is 32.4 Å². The predicted octanol–water partition coefficient (Wildman–Crippen LogP) is 0.580. The van der Waals surface area contributed by atoms with Gasteiger partial charge in [-0.3, -0.25) is 9.59 Å². The molecule has 126 valence electrons. The van der Waals surface area contributed by atoms with Gasteiger partial charge in [0.2, 0.25) is 11.8 Å². The molecule has 0 bridgehead atoms. The van der Waals surface area contributed by atoms with Gasteiger partial charge in [0, 0.05) is 57.8 Å². The van der Waals surface area contributed by atoms with Crippen LogP contribution in [0.25, 0.3) is 0 Å². The van der Waals surface area contributed by atoms with E-state index in [0.717, 1.165) is 26.2 Å². The van der Waals surface area contributed by atoms with E-state index in [4.69, 9.17) is 5.73 Å². The fourth-order valence-corrected chi connectivity index (χ4v) is 2.70. The van der Waals surface area contributed by atoms with E-state index in [2.05, 4.69) is 22.3 Å². The third-order valence-electron chi connectivity index (χ3n) is 4.01. The second kappa shape index (κ2) is 9.15. The van der Waals surface area contributed by atoms with E-state index in [1.807, 2.05) is 23.1 Å². The van der Waals surface area contributed by atoms with E-state index in [1.54, 1.807) is 0 Å². The number of benzene rings is 1. The van der Waals surface area contributed by atoms with Crippen LogP contribution in [0.5, 0.6) is 0 Å². The summed E-state index contributed by atoms with van der Waals surface area (Å²) in [5, 5.41) is 2.77. The van der Waals surface area contributed by atoms with Crippen molar-refractivity contribution in [3.63, 3.8) is 0 Å². The number of piperazine rings is 1. The van der Waals surface area contributed by atoms with Gasteiger partial charge in [-0.2, -0.15) is 0 Å². The lowest BCUT2D eigenvalue weighted by atomic mass is 10.2. The van der Waals surface area contributed by atoms with E-state index in [-0.39, 0.29) is 11.8 Å². The first-order valence-corrected chi connectivity index (χ1v) is 8.25. The van der Waals surface area contributed by atoms with Crippen LogP contribution in [-0.4, -0.2) is 56.0 Å². The Bertz CT molecular complexity index is 499. The lowest BCUT2D eigenvalue weighted by molar-refractivity contribution is -0.131. The van der Waals surface area contributed by atoms with Crippen LogP contribution in [0, 0.1) is 0 Å². The molecule has 0 saturated carbocycles. The first kappa shape index (κ1) is 17.3. The SMILES string of the molecule is NCCC(=O)NCCCC(=O)N1CCN(c2ccccc2)CC1. The van der Waals surface area contributed by atoms with Crippen LogP contribution in [-0.2, 0) is 9.59 Å². The number of rotatable bonds is 7. The molecule has 0 spiro atoms. The van der Waals surface area contributed by atoms with Crippen LogP contribution in [0.15, 0.2) is 30.3 Å². The van der Waals surface area contributed by atoms with Crippen LogP contribution in [0.2, 0.25) is 0 Å². The number of hydrogen-bond donors (Lipinski definition) is 2. The molecule has 2 amide bonds. The third kappa shape index (κ3) is 5.56. The monoisotopic (exact) mass is 318 g/mol. The Kier molecular flexibility index (Phi) is 6.87. The van der Waals surface area contributed by atoms with Gasteiger partial charge < -0.3 is 20.9 Å². The molecule has 1 fully saturated rings. The van der Waals surface area contributed by atoms with Gasteiger partial charge in [-0.25, -0.2) is 0 Å². The van der Waals surface area contributed by atoms with Gasteiger partial charge in [-0.1, -0.05) is 18.2 Å². The highest BCUT2D eigenvalue weighted by Crippen LogP contribution is 2.15. The van der Waals surface area contributed by atoms with Crippen LogP contribution in [0.3, 0.4) is 0 Å². The van der Waals surface area contributed by atoms with Crippen LogP contribution >= 0.6 is 0 Å². The normalized spacial score (nSPS) is 14.7. The fraction of sp³-hybridized carbons (Fsp3) is 0.529. The molecule has 6 heteroatoms. The molecule has 1 aromatic rings. The number of carbonyl (C=O) groups is 2. The second-order valence-electron chi connectivity index (χ2n) is 5.70. The van der Waals surface area contributed by atoms with E-state index >= 15 is 0 Å². The molecule has 0 aliphatic carbocycles. The molecule has 23 heavy (non-hydrogen) atoms. The maximum Gasteiger partial charge on any atom is 0.222 e. The number of nitrogens with zero attached hydrogens (tertiary/aromatic N) is 2. The largest absolute Gasteiger partial charge is 0.368 e. The summed E-state index contributed by atoms with van der Waals surface area (Å²) < 4.78 is 0. The molecule has 2 rings (SSSR count). The summed E-state index contributed by atoms with van der Waals surface area (Å²) in [6.07, 6.45) is 1.50. The van der Waals surface area contributed by atoms with Gasteiger partial charge in [-0.15, -0.1) is 0 Å². The summed E-state index contributed by atoms with van der Waals surface area (Å²) in [5.74, 6) is 0.127. The Morgan fingerprint density at radius 3 is 2.39 bits per heavy atom. The van der Waals surface area contributed by atoms with Crippen molar-refractivity contribution in [1.82, 2.24) is 10.2 Å². The summed E-state index contributed by atoms with van der Waals surface area (Å²) in [5.41, 5.74) is 6.52. The molecule has 1 saturated heterocycles. The minimum Gasteiger partial charge on any atom is -0.368 e. The van der Waals surface area contributed by atoms with Crippen molar-refractivity contribution >= 4 is 17.5 Å². The molecule has 0 atom stereocenters. The minimum absolute atomic E-state index is 0.0450. The zero-order valence-corrected chi connectivity index (χ0v) is 13.5. The highest BCUT2D eigenvalue weighted by molar-refractivity contribution is 5.77. The molecule has 3 N–H and O–H groups in total. The van der Waals surface area contributed by atoms with Crippen molar-refractivity contribution in [3.8, 4) is 0 Å². The summed E-state index contributed by atoms with van der Waals surface area (Å²) in [7, 11) is 0. The lowest BCUT2D eigenvalue weighted by Crippen LogP contribution is -2.48. The molecular weight excluding hydrogens is 292 g/mol. The first-order valence-electron chi connectivity index (χ1n) is 8.25. The standard InChI is InChI=1S/C17H26N4O2/c18-9-8-16(22)19-10-4-7-17(23)21-13-11-20(12-14-21)15-5-2-1-3-6-15/h1-3,5-6H,4,7-14,18H2,(H,19,22). The molecular formula is C17H26N4O2. The number of nitrogens with one attached hydrogen (secondary N) is 1. The molecule has 1 heterocycles. The van der Waals surface area contributed by atoms with Crippen molar-refractivity contribution in [2.45, 2.75) is 19.3 Å². The van der Waals surface area contributed by atoms with Gasteiger partial charge in [0.25, 0.3) is 0 Å². The van der Waals surface area contributed by atoms with Gasteiger partial charge >= 0.3 is 0 Å². The van der Waals surface area contributed by atoms with E-state index in [9.17, 15) is 9.59 Å². The van der Waals surface area contributed by atoms with Crippen molar-refractivity contribution in [3.05, 3.63) is 30.3 Å². The van der Waals surface area contributed by atoms with E-state index in [1.165, 1.54) is 5.69 Å². The van der Waals surface area contributed by atoms with Crippen molar-refractivity contribution in [1.29, 1.82) is 0 Å². The van der Waals surface area contributed by atoms with Crippen molar-refractivity contribution < 1.29 is 9.59 Å². The Labute approximate surface area is 137 Å². The number of anilines is 1. The topological polar surface area (TPSA) is 78.7 Å². The smallest absolute Gasteiger partial charge is 0.222 e. The van der Waals surface area contributed by atoms with Gasteiger partial charge in [0.15, 0.2) is 0 Å². The first-order chi connectivity index (χ1) is 11.2. The van der Waals surface area contributed by atoms with Crippen molar-refractivity contribution in [2.75, 3.05) is 44.2 Å². The molecule has 1 aliphatic rings. The average molecular weight is 318 g/mol. The Morgan fingerprint density at radius 2 is 1.74 bits per heavy atom. The number of hydrogen-bond acceptors (Lipinski definition) is 4. The zero-order chi connectivity index (χ0) is 16.5. The highest BCUT2D eigenvalue weighted by atomic mass is 16.2. The van der Waals surface area contributed by atoms with Crippen LogP contribution in [0.1, 0.15) is 19.3 Å². The van der Waals surface area contributed by atoms with Gasteiger partial charge in [-0.05, 0) is 18.6 Å². The Balaban J connectivity index is 1.65. The molecule has 1 aromatic carbocycles. The maximum atomic E-state index is 12.2. The molecule has 0 aromatic heterocycles. The zero-order valence-electron chi connectivity index (χ0n) is 13.5. The molecule has 0 unspecified atom stereocenters. The third-order valence-corrected chi connectivity index (χ3v) is 4.01. The highest BCUT2D eigenvalue weighted by Gasteiger charge is 2.20. The molecule has 6 nitrogen and oxygen atoms in total. The Hall–Kier alpha value is -2.08. The molecule has 0 radical (unpaired) electrons. The lowest BCUT2D eigenvalue weighted by Gasteiger charge is -2.36. The Morgan fingerprint density at radius 1 is 1.04 bits per heavy atom. The number of nitrogens with two attached hydrogens (primary N) is 1. The fourth-order valence-electron chi connectivity index (χ4n) is 2.70. The van der Waals surface area contributed by atoms with Crippen molar-refractivity contribution in [2.24, 2.45) is 5.73 Å². The second-order valence-corrected chi connectivity index (χ2v) is 5.70. The number of carbonyl (C=O) groups excluding carboxylic acids is 2. The van der Waals surface area contributed by atoms with Crippen LogP contribution < -0.4 is 16.0 Å². The minimum atomic E-state index is -0.0450. The van der Waals surface area contributed by atoms with E-state index < -0.39 is 0 Å². The van der Waals surface area contributed by atoms with Gasteiger partial charge in [0.05, 0.1) is 0 Å². The average Bonchev–Trinajstić information content (AvgIpc) is 2.60. The summed E-state index contributed by atoms with van der Waals surface area (Å²) in [6.45, 7) is 4.14. The number of amides is 2. The summed E-state index contributed by atoms with van der Waals surface area (Å²) >= 11 is 0. The summed E-state index contributed by atoms with van der Waals surface area (Å²) in [4.78, 5) is 27.7. The summed E-state index contributed by atoms with van der Waals surface area (Å²) in [6, 6.07) is 10.3. The van der Waals surface area contributed by atoms with Crippen LogP contribution in [0.4, 0.5) is 5.69 Å². The van der Waals surface area contributed by atoms with Gasteiger partial charge in [0.1, 0.15) is 0 Å². The molecule has 1 aliphatic heterocycles. The quantitative estimate of drug-likeness (QED) is 0.721. The predicted molar refractivity (Wildman–Crippen MR) is 91.2 cm³/mol. The number of para-hydroxylation sites is 1. The maximum absolute atomic E-state index is 12.2.